The van der Waals surface area contributed by atoms with Crippen LogP contribution in [0.3, 0.4) is 0 Å². The van der Waals surface area contributed by atoms with E-state index >= 15 is 0 Å². The molecule has 0 radical (unpaired) electrons. The number of rotatable bonds is 3. The lowest BCUT2D eigenvalue weighted by Gasteiger charge is -2.41. The summed E-state index contributed by atoms with van der Waals surface area (Å²) < 4.78 is 5.77. The van der Waals surface area contributed by atoms with Crippen molar-refractivity contribution in [3.8, 4) is 0 Å². The van der Waals surface area contributed by atoms with Gasteiger partial charge in [-0.05, 0) is 45.7 Å². The second kappa shape index (κ2) is 5.68. The summed E-state index contributed by atoms with van der Waals surface area (Å²) in [6, 6.07) is 0. The molecule has 2 fully saturated rings. The zero-order valence-electron chi connectivity index (χ0n) is 11.7. The minimum atomic E-state index is 0.0529. The van der Waals surface area contributed by atoms with Crippen LogP contribution in [0.5, 0.6) is 0 Å². The standard InChI is InChI=1S/C14H28N2O/c1-4-15-7-5-6-13(10-15)11-16-8-9-17-14(2,3)12-16/h13H,4-12H2,1-3H3. The lowest BCUT2D eigenvalue weighted by Crippen LogP contribution is -2.51. The van der Waals surface area contributed by atoms with Gasteiger partial charge < -0.3 is 9.64 Å². The third-order valence-electron chi connectivity index (χ3n) is 4.07. The van der Waals surface area contributed by atoms with Crippen molar-refractivity contribution in [3.05, 3.63) is 0 Å². The average molecular weight is 240 g/mol. The molecular weight excluding hydrogens is 212 g/mol. The van der Waals surface area contributed by atoms with E-state index in [9.17, 15) is 0 Å². The molecule has 0 aromatic carbocycles. The summed E-state index contributed by atoms with van der Waals surface area (Å²) in [4.78, 5) is 5.20. The molecule has 3 nitrogen and oxygen atoms in total. The lowest BCUT2D eigenvalue weighted by atomic mass is 9.96. The molecule has 0 N–H and O–H groups in total. The maximum atomic E-state index is 5.77. The number of hydrogen-bond donors (Lipinski definition) is 0. The first-order chi connectivity index (χ1) is 8.09. The van der Waals surface area contributed by atoms with Crippen LogP contribution in [0.25, 0.3) is 0 Å². The van der Waals surface area contributed by atoms with E-state index < -0.39 is 0 Å². The number of ether oxygens (including phenoxy) is 1. The maximum Gasteiger partial charge on any atom is 0.0753 e. The predicted octanol–water partition coefficient (Wildman–Crippen LogP) is 1.83. The largest absolute Gasteiger partial charge is 0.373 e. The van der Waals surface area contributed by atoms with E-state index in [4.69, 9.17) is 4.74 Å². The van der Waals surface area contributed by atoms with Crippen molar-refractivity contribution in [3.63, 3.8) is 0 Å². The van der Waals surface area contributed by atoms with Gasteiger partial charge in [-0.25, -0.2) is 0 Å². The summed E-state index contributed by atoms with van der Waals surface area (Å²) in [7, 11) is 0. The van der Waals surface area contributed by atoms with Crippen molar-refractivity contribution in [1.29, 1.82) is 0 Å². The van der Waals surface area contributed by atoms with Crippen molar-refractivity contribution >= 4 is 0 Å². The number of piperidine rings is 1. The van der Waals surface area contributed by atoms with Crippen molar-refractivity contribution in [1.82, 2.24) is 9.80 Å². The number of nitrogens with zero attached hydrogens (tertiary/aromatic N) is 2. The molecule has 0 aromatic heterocycles. The van der Waals surface area contributed by atoms with Gasteiger partial charge >= 0.3 is 0 Å². The molecule has 2 aliphatic rings. The SMILES string of the molecule is CCN1CCCC(CN2CCOC(C)(C)C2)C1. The van der Waals surface area contributed by atoms with Gasteiger partial charge in [0.1, 0.15) is 0 Å². The summed E-state index contributed by atoms with van der Waals surface area (Å²) in [5.74, 6) is 0.873. The van der Waals surface area contributed by atoms with Crippen LogP contribution in [0.4, 0.5) is 0 Å². The third-order valence-corrected chi connectivity index (χ3v) is 4.07. The first-order valence-corrected chi connectivity index (χ1v) is 7.18. The van der Waals surface area contributed by atoms with Crippen LogP contribution in [-0.4, -0.2) is 61.3 Å². The molecule has 0 aromatic rings. The Kier molecular flexibility index (Phi) is 4.45. The van der Waals surface area contributed by atoms with Gasteiger partial charge in [-0.2, -0.15) is 0 Å². The number of morpholine rings is 1. The highest BCUT2D eigenvalue weighted by molar-refractivity contribution is 4.82. The molecule has 0 aliphatic carbocycles. The molecule has 1 atom stereocenters. The van der Waals surface area contributed by atoms with Gasteiger partial charge in [0.2, 0.25) is 0 Å². The lowest BCUT2D eigenvalue weighted by molar-refractivity contribution is -0.0906. The topological polar surface area (TPSA) is 15.7 Å². The third kappa shape index (κ3) is 3.94. The summed E-state index contributed by atoms with van der Waals surface area (Å²) in [5, 5.41) is 0. The summed E-state index contributed by atoms with van der Waals surface area (Å²) >= 11 is 0. The second-order valence-electron chi connectivity index (χ2n) is 6.24. The average Bonchev–Trinajstić information content (AvgIpc) is 2.28. The van der Waals surface area contributed by atoms with Crippen LogP contribution < -0.4 is 0 Å². The fourth-order valence-corrected chi connectivity index (χ4v) is 3.22. The summed E-state index contributed by atoms with van der Waals surface area (Å²) in [5.41, 5.74) is 0.0529. The molecule has 0 spiro atoms. The van der Waals surface area contributed by atoms with E-state index in [1.54, 1.807) is 0 Å². The van der Waals surface area contributed by atoms with Crippen LogP contribution in [0.1, 0.15) is 33.6 Å². The monoisotopic (exact) mass is 240 g/mol. The smallest absolute Gasteiger partial charge is 0.0753 e. The highest BCUT2D eigenvalue weighted by atomic mass is 16.5. The zero-order chi connectivity index (χ0) is 12.3. The Bertz CT molecular complexity index is 242. The fourth-order valence-electron chi connectivity index (χ4n) is 3.22. The van der Waals surface area contributed by atoms with Crippen molar-refractivity contribution in [2.75, 3.05) is 45.9 Å². The van der Waals surface area contributed by atoms with Crippen molar-refractivity contribution < 1.29 is 4.74 Å². The molecule has 3 heteroatoms. The Balaban J connectivity index is 1.80. The Hall–Kier alpha value is -0.120. The molecular formula is C14H28N2O. The molecule has 0 bridgehead atoms. The summed E-state index contributed by atoms with van der Waals surface area (Å²) in [6.07, 6.45) is 2.79. The molecule has 2 aliphatic heterocycles. The van der Waals surface area contributed by atoms with Gasteiger partial charge in [-0.3, -0.25) is 4.90 Å². The summed E-state index contributed by atoms with van der Waals surface area (Å²) in [6.45, 7) is 14.9. The first-order valence-electron chi connectivity index (χ1n) is 7.18. The van der Waals surface area contributed by atoms with Crippen LogP contribution >= 0.6 is 0 Å². The molecule has 2 rings (SSSR count). The first kappa shape index (κ1) is 13.3. The Morgan fingerprint density at radius 2 is 2.06 bits per heavy atom. The predicted molar refractivity (Wildman–Crippen MR) is 71.3 cm³/mol. The number of hydrogen-bond acceptors (Lipinski definition) is 3. The quantitative estimate of drug-likeness (QED) is 0.748. The van der Waals surface area contributed by atoms with E-state index in [-0.39, 0.29) is 5.60 Å². The van der Waals surface area contributed by atoms with E-state index in [0.29, 0.717) is 0 Å². The normalized spacial score (nSPS) is 31.6. The van der Waals surface area contributed by atoms with E-state index in [1.807, 2.05) is 0 Å². The highest BCUT2D eigenvalue weighted by Gasteiger charge is 2.29. The number of likely N-dealkylation sites (tertiary alicyclic amines) is 1. The van der Waals surface area contributed by atoms with Crippen LogP contribution in [0.15, 0.2) is 0 Å². The second-order valence-corrected chi connectivity index (χ2v) is 6.24. The van der Waals surface area contributed by atoms with Crippen LogP contribution in [0.2, 0.25) is 0 Å². The maximum absolute atomic E-state index is 5.77. The van der Waals surface area contributed by atoms with Crippen molar-refractivity contribution in [2.45, 2.75) is 39.2 Å². The van der Waals surface area contributed by atoms with Crippen molar-refractivity contribution in [2.24, 2.45) is 5.92 Å². The van der Waals surface area contributed by atoms with E-state index in [2.05, 4.69) is 30.6 Å². The van der Waals surface area contributed by atoms with Gasteiger partial charge in [0.25, 0.3) is 0 Å². The molecule has 0 amide bonds. The minimum absolute atomic E-state index is 0.0529. The van der Waals surface area contributed by atoms with Crippen LogP contribution in [0, 0.1) is 5.92 Å². The molecule has 2 saturated heterocycles. The zero-order valence-corrected chi connectivity index (χ0v) is 11.7. The van der Waals surface area contributed by atoms with Gasteiger partial charge in [-0.15, -0.1) is 0 Å². The van der Waals surface area contributed by atoms with E-state index in [1.165, 1.54) is 39.0 Å². The Morgan fingerprint density at radius 3 is 2.76 bits per heavy atom. The van der Waals surface area contributed by atoms with Gasteiger partial charge in [0.05, 0.1) is 12.2 Å². The van der Waals surface area contributed by atoms with Gasteiger partial charge in [0, 0.05) is 26.2 Å². The van der Waals surface area contributed by atoms with E-state index in [0.717, 1.165) is 25.6 Å². The molecule has 1 unspecified atom stereocenters. The molecule has 17 heavy (non-hydrogen) atoms. The minimum Gasteiger partial charge on any atom is -0.373 e. The van der Waals surface area contributed by atoms with Gasteiger partial charge in [-0.1, -0.05) is 6.92 Å². The molecule has 0 saturated carbocycles. The molecule has 100 valence electrons. The molecule has 2 heterocycles. The van der Waals surface area contributed by atoms with Crippen LogP contribution in [-0.2, 0) is 4.74 Å². The van der Waals surface area contributed by atoms with Gasteiger partial charge in [0.15, 0.2) is 0 Å². The highest BCUT2D eigenvalue weighted by Crippen LogP contribution is 2.21. The Morgan fingerprint density at radius 1 is 1.24 bits per heavy atom. The fraction of sp³-hybridized carbons (Fsp3) is 1.00. The Labute approximate surface area is 106 Å².